The van der Waals surface area contributed by atoms with Crippen LogP contribution in [0.1, 0.15) is 33.9 Å². The molecule has 3 aromatic carbocycles. The summed E-state index contributed by atoms with van der Waals surface area (Å²) < 4.78 is 106. The number of benzene rings is 3. The number of aryl methyl sites for hydroxylation is 1. The van der Waals surface area contributed by atoms with Crippen LogP contribution in [-0.2, 0) is 19.3 Å². The lowest BCUT2D eigenvalue weighted by Crippen LogP contribution is -2.47. The van der Waals surface area contributed by atoms with E-state index in [-0.39, 0.29) is 75.3 Å². The summed E-state index contributed by atoms with van der Waals surface area (Å²) in [6, 6.07) is 17.3. The van der Waals surface area contributed by atoms with Crippen LogP contribution in [0.5, 0.6) is 17.2 Å². The minimum Gasteiger partial charge on any atom is -0.497 e. The number of aromatic nitrogens is 2. The lowest BCUT2D eigenvalue weighted by molar-refractivity contribution is -0.172. The van der Waals surface area contributed by atoms with Crippen LogP contribution < -0.4 is 40.7 Å². The van der Waals surface area contributed by atoms with Crippen LogP contribution in [0, 0.1) is 6.92 Å². The molecule has 0 fully saturated rings. The van der Waals surface area contributed by atoms with Crippen molar-refractivity contribution >= 4 is 29.1 Å². The summed E-state index contributed by atoms with van der Waals surface area (Å²) in [5, 5.41) is 2.52. The highest BCUT2D eigenvalue weighted by Gasteiger charge is 2.47. The number of nitrogen functional groups attached to an aromatic ring is 1. The Hall–Kier alpha value is -6.16. The Bertz CT molecular complexity index is 2410. The molecule has 2 aliphatic heterocycles. The zero-order valence-electron chi connectivity index (χ0n) is 30.5. The molecular weight excluding hydrogens is 776 g/mol. The standard InChI is InChI=1S/C40H34ClF6N7O3/c1-22-17-30(53(19-23-6-10-25(55-2)11-7-23)20-24-8-12-26(56-3)13-9-24)52-34(32(22)39(42,43)44)28-18-29-31-35(33(28)41)50-21-51-38(31)54(15-16-57-29)36(40(45,46)47)27-5-4-14-49-37(27)48/h4-18,36,51H,19-21H2,1-3H3,(H2,48,49). The molecule has 1 atom stereocenters. The highest BCUT2D eigenvalue weighted by molar-refractivity contribution is 6.33. The number of alkyl halides is 6. The van der Waals surface area contributed by atoms with E-state index in [2.05, 4.69) is 20.3 Å². The van der Waals surface area contributed by atoms with Crippen LogP contribution in [0.25, 0.3) is 17.1 Å². The molecule has 0 amide bonds. The van der Waals surface area contributed by atoms with Gasteiger partial charge in [0, 0.05) is 36.6 Å². The van der Waals surface area contributed by atoms with Crippen LogP contribution in [0.2, 0.25) is 5.02 Å². The van der Waals surface area contributed by atoms with E-state index in [1.54, 1.807) is 38.5 Å². The number of hydrogen-bond acceptors (Lipinski definition) is 10. The van der Waals surface area contributed by atoms with Gasteiger partial charge in [0.25, 0.3) is 0 Å². The van der Waals surface area contributed by atoms with Gasteiger partial charge in [-0.25, -0.2) is 9.97 Å². The molecule has 0 saturated heterocycles. The first-order valence-electron chi connectivity index (χ1n) is 17.3. The van der Waals surface area contributed by atoms with Gasteiger partial charge in [-0.15, -0.1) is 0 Å². The number of methoxy groups -OCH3 is 2. The minimum absolute atomic E-state index is 0.00113. The van der Waals surface area contributed by atoms with Crippen LogP contribution in [0.4, 0.5) is 38.0 Å². The predicted molar refractivity (Wildman–Crippen MR) is 202 cm³/mol. The minimum atomic E-state index is -4.90. The summed E-state index contributed by atoms with van der Waals surface area (Å²) in [6.45, 7) is 1.54. The van der Waals surface area contributed by atoms with Crippen molar-refractivity contribution in [3.8, 4) is 28.5 Å². The molecule has 7 rings (SSSR count). The van der Waals surface area contributed by atoms with Crippen molar-refractivity contribution < 1.29 is 40.6 Å². The lowest BCUT2D eigenvalue weighted by atomic mass is 9.99. The number of hydrogen-bond donors (Lipinski definition) is 2. The van der Waals surface area contributed by atoms with Crippen molar-refractivity contribution in [1.82, 2.24) is 20.2 Å². The second-order valence-electron chi connectivity index (χ2n) is 13.1. The summed E-state index contributed by atoms with van der Waals surface area (Å²) in [6.07, 6.45) is -6.46. The number of nitrogens with two attached hydrogens (primary N) is 1. The summed E-state index contributed by atoms with van der Waals surface area (Å²) in [4.78, 5) is 15.6. The van der Waals surface area contributed by atoms with Gasteiger partial charge in [-0.1, -0.05) is 41.9 Å². The van der Waals surface area contributed by atoms with E-state index >= 15 is 13.2 Å². The summed E-state index contributed by atoms with van der Waals surface area (Å²) in [7, 11) is 3.09. The van der Waals surface area contributed by atoms with Crippen molar-refractivity contribution in [2.75, 3.05) is 31.5 Å². The van der Waals surface area contributed by atoms with Gasteiger partial charge in [-0.3, -0.25) is 4.99 Å². The molecule has 0 radical (unpaired) electrons. The molecule has 0 spiro atoms. The van der Waals surface area contributed by atoms with Crippen molar-refractivity contribution in [1.29, 1.82) is 0 Å². The number of rotatable bonds is 10. The van der Waals surface area contributed by atoms with Crippen molar-refractivity contribution in [2.24, 2.45) is 4.99 Å². The number of nitrogens with one attached hydrogen (secondary N) is 1. The number of halogens is 7. The molecule has 2 aliphatic rings. The third-order valence-electron chi connectivity index (χ3n) is 9.48. The molecule has 17 heteroatoms. The van der Waals surface area contributed by atoms with Crippen molar-refractivity contribution in [3.63, 3.8) is 0 Å². The molecule has 2 aromatic heterocycles. The maximum absolute atomic E-state index is 15.1. The van der Waals surface area contributed by atoms with E-state index in [0.717, 1.165) is 28.5 Å². The summed E-state index contributed by atoms with van der Waals surface area (Å²) >= 11 is 6.99. The fourth-order valence-electron chi connectivity index (χ4n) is 6.86. The Labute approximate surface area is 327 Å². The van der Waals surface area contributed by atoms with Crippen molar-refractivity contribution in [2.45, 2.75) is 38.4 Å². The van der Waals surface area contributed by atoms with Gasteiger partial charge in [-0.05, 0) is 66.1 Å². The average molecular weight is 810 g/mol. The number of anilines is 2. The molecule has 0 bridgehead atoms. The Morgan fingerprint density at radius 1 is 0.947 bits per heavy atom. The Kier molecular flexibility index (Phi) is 10.6. The molecule has 296 valence electrons. The van der Waals surface area contributed by atoms with Gasteiger partial charge < -0.3 is 35.1 Å². The quantitative estimate of drug-likeness (QED) is 0.138. The van der Waals surface area contributed by atoms with E-state index in [4.69, 9.17) is 31.5 Å². The van der Waals surface area contributed by atoms with E-state index in [1.807, 2.05) is 29.2 Å². The molecular formula is C40H34ClF6N7O3. The second kappa shape index (κ2) is 15.4. The van der Waals surface area contributed by atoms with Gasteiger partial charge in [0.2, 0.25) is 0 Å². The summed E-state index contributed by atoms with van der Waals surface area (Å²) in [5.41, 5.74) is 5.34. The first kappa shape index (κ1) is 39.1. The second-order valence-corrected chi connectivity index (χ2v) is 13.5. The smallest absolute Gasteiger partial charge is 0.418 e. The molecule has 0 aliphatic carbocycles. The van der Waals surface area contributed by atoms with Gasteiger partial charge in [0.05, 0.1) is 41.1 Å². The van der Waals surface area contributed by atoms with Gasteiger partial charge in [0.1, 0.15) is 47.6 Å². The van der Waals surface area contributed by atoms with Crippen LogP contribution in [-0.4, -0.2) is 41.9 Å². The van der Waals surface area contributed by atoms with E-state index in [1.165, 1.54) is 37.4 Å². The summed E-state index contributed by atoms with van der Waals surface area (Å²) in [5.74, 6) is 0.889. The zero-order chi connectivity index (χ0) is 40.6. The largest absolute Gasteiger partial charge is 0.497 e. The fourth-order valence-corrected chi connectivity index (χ4v) is 7.16. The highest BCUT2D eigenvalue weighted by Crippen LogP contribution is 2.44. The fraction of sp³-hybridized carbons (Fsp3) is 0.225. The van der Waals surface area contributed by atoms with Gasteiger partial charge >= 0.3 is 12.4 Å². The monoisotopic (exact) mass is 809 g/mol. The first-order valence-corrected chi connectivity index (χ1v) is 17.7. The molecule has 5 aromatic rings. The van der Waals surface area contributed by atoms with Crippen LogP contribution in [0.15, 0.2) is 96.4 Å². The van der Waals surface area contributed by atoms with Gasteiger partial charge in [-0.2, -0.15) is 26.3 Å². The lowest BCUT2D eigenvalue weighted by Gasteiger charge is -2.34. The Morgan fingerprint density at radius 3 is 2.14 bits per heavy atom. The maximum atomic E-state index is 15.1. The van der Waals surface area contributed by atoms with Crippen molar-refractivity contribution in [3.05, 3.63) is 135 Å². The average Bonchev–Trinajstić information content (AvgIpc) is 3.35. The Morgan fingerprint density at radius 2 is 1.58 bits per heavy atom. The van der Waals surface area contributed by atoms with E-state index in [0.29, 0.717) is 11.5 Å². The normalized spacial score (nSPS) is 14.1. The molecule has 1 unspecified atom stereocenters. The number of nitrogens with zero attached hydrogens (tertiary/aromatic N) is 5. The van der Waals surface area contributed by atoms with Gasteiger partial charge in [0.15, 0.2) is 6.04 Å². The Balaban J connectivity index is 1.42. The third kappa shape index (κ3) is 7.81. The first-order chi connectivity index (χ1) is 27.2. The van der Waals surface area contributed by atoms with Crippen LogP contribution in [0.3, 0.4) is 0 Å². The maximum Gasteiger partial charge on any atom is 0.418 e. The third-order valence-corrected chi connectivity index (χ3v) is 9.87. The SMILES string of the molecule is COc1ccc(CN(Cc2ccc(OC)cc2)c2cc(C)c(C(F)(F)F)c(-c3cc4c5c(c3Cl)=NCNC=5N(C(c3cccnc3N)C(F)(F)F)C=CO4)n2)cc1. The molecule has 10 nitrogen and oxygen atoms in total. The van der Waals surface area contributed by atoms with E-state index < -0.39 is 29.7 Å². The number of pyridine rings is 2. The molecule has 57 heavy (non-hydrogen) atoms. The molecule has 3 N–H and O–H groups in total. The number of ether oxygens (including phenoxy) is 3. The highest BCUT2D eigenvalue weighted by atomic mass is 35.5. The van der Waals surface area contributed by atoms with Crippen LogP contribution >= 0.6 is 11.6 Å². The molecule has 0 saturated carbocycles. The zero-order valence-corrected chi connectivity index (χ0v) is 31.3. The van der Waals surface area contributed by atoms with E-state index in [9.17, 15) is 13.2 Å². The predicted octanol–water partition coefficient (Wildman–Crippen LogP) is 7.65. The molecule has 4 heterocycles. The topological polar surface area (TPSA) is 110 Å².